The first kappa shape index (κ1) is 18.5. The van der Waals surface area contributed by atoms with Gasteiger partial charge in [0.25, 0.3) is 0 Å². The maximum Gasteiger partial charge on any atom is 0.350 e. The fraction of sp³-hybridized carbons (Fsp3) is 0.143. The minimum absolute atomic E-state index is 0.195. The lowest BCUT2D eigenvalue weighted by atomic mass is 10.1. The van der Waals surface area contributed by atoms with Crippen molar-refractivity contribution in [2.45, 2.75) is 13.8 Å². The number of aryl methyl sites for hydroxylation is 2. The van der Waals surface area contributed by atoms with Crippen molar-refractivity contribution >= 4 is 44.5 Å². The molecule has 0 fully saturated rings. The molecule has 0 saturated carbocycles. The maximum absolute atomic E-state index is 12.6. The van der Waals surface area contributed by atoms with Gasteiger partial charge in [0.15, 0.2) is 6.61 Å². The zero-order valence-corrected chi connectivity index (χ0v) is 16.9. The number of carbonyl (C=O) groups excluding carboxylic acids is 2. The first-order valence-electron chi connectivity index (χ1n) is 8.62. The number of hydrogen-bond donors (Lipinski definition) is 0. The largest absolute Gasteiger partial charge is 0.453 e. The minimum Gasteiger partial charge on any atom is -0.453 e. The van der Waals surface area contributed by atoms with Crippen LogP contribution in [0.2, 0.25) is 0 Å². The van der Waals surface area contributed by atoms with Crippen LogP contribution < -0.4 is 0 Å². The molecule has 0 atom stereocenters. The Labute approximate surface area is 169 Å². The lowest BCUT2D eigenvalue weighted by Gasteiger charge is -2.03. The normalized spacial score (nSPS) is 10.9. The van der Waals surface area contributed by atoms with Crippen molar-refractivity contribution in [3.8, 4) is 10.7 Å². The number of nitrogens with zero attached hydrogens (tertiary/aromatic N) is 2. The maximum atomic E-state index is 12.6. The SMILES string of the molecule is Cc1nc(-c2ccccn2)sc1C(=O)OCC(=O)c1sc2ccccc2c1C. The molecule has 4 aromatic rings. The topological polar surface area (TPSA) is 69.2 Å². The van der Waals surface area contributed by atoms with E-state index in [1.54, 1.807) is 13.1 Å². The third kappa shape index (κ3) is 3.46. The second kappa shape index (κ2) is 7.61. The number of Topliss-reactive ketones (excluding diaryl/α,β-unsaturated/α-hetero) is 1. The molecule has 5 nitrogen and oxygen atoms in total. The van der Waals surface area contributed by atoms with Gasteiger partial charge < -0.3 is 4.74 Å². The smallest absolute Gasteiger partial charge is 0.350 e. The average Bonchev–Trinajstić information content (AvgIpc) is 3.27. The van der Waals surface area contributed by atoms with Crippen molar-refractivity contribution in [1.29, 1.82) is 0 Å². The lowest BCUT2D eigenvalue weighted by molar-refractivity contribution is 0.0479. The summed E-state index contributed by atoms with van der Waals surface area (Å²) in [7, 11) is 0. The highest BCUT2D eigenvalue weighted by molar-refractivity contribution is 7.21. The summed E-state index contributed by atoms with van der Waals surface area (Å²) in [6.07, 6.45) is 1.68. The molecule has 0 amide bonds. The molecule has 0 aliphatic carbocycles. The Kier molecular flexibility index (Phi) is 5.02. The molecular weight excluding hydrogens is 392 g/mol. The molecule has 3 heterocycles. The van der Waals surface area contributed by atoms with Gasteiger partial charge in [0.05, 0.1) is 16.3 Å². The van der Waals surface area contributed by atoms with Gasteiger partial charge in [-0.3, -0.25) is 9.78 Å². The van der Waals surface area contributed by atoms with Crippen LogP contribution in [0.1, 0.15) is 30.6 Å². The summed E-state index contributed by atoms with van der Waals surface area (Å²) in [4.78, 5) is 34.7. The van der Waals surface area contributed by atoms with Gasteiger partial charge in [0.2, 0.25) is 5.78 Å². The lowest BCUT2D eigenvalue weighted by Crippen LogP contribution is -2.14. The van der Waals surface area contributed by atoms with Gasteiger partial charge in [-0.15, -0.1) is 22.7 Å². The molecule has 1 aromatic carbocycles. The fourth-order valence-electron chi connectivity index (χ4n) is 2.89. The van der Waals surface area contributed by atoms with Crippen molar-refractivity contribution in [2.24, 2.45) is 0 Å². The predicted octanol–water partition coefficient (Wildman–Crippen LogP) is 5.08. The molecule has 0 unspecified atom stereocenters. The van der Waals surface area contributed by atoms with E-state index in [1.165, 1.54) is 22.7 Å². The zero-order chi connectivity index (χ0) is 19.7. The molecule has 28 heavy (non-hydrogen) atoms. The van der Waals surface area contributed by atoms with Crippen LogP contribution in [0.4, 0.5) is 0 Å². The molecule has 0 bridgehead atoms. The number of carbonyl (C=O) groups is 2. The number of fused-ring (bicyclic) bond motifs is 1. The van der Waals surface area contributed by atoms with E-state index in [0.717, 1.165) is 15.6 Å². The Morgan fingerprint density at radius 3 is 2.54 bits per heavy atom. The molecular formula is C21H16N2O3S2. The van der Waals surface area contributed by atoms with Crippen LogP contribution in [0.25, 0.3) is 20.8 Å². The first-order valence-corrected chi connectivity index (χ1v) is 10.2. The van der Waals surface area contributed by atoms with Crippen molar-refractivity contribution in [3.63, 3.8) is 0 Å². The van der Waals surface area contributed by atoms with Crippen LogP contribution in [0.5, 0.6) is 0 Å². The summed E-state index contributed by atoms with van der Waals surface area (Å²) in [6.45, 7) is 3.38. The average molecular weight is 409 g/mol. The Balaban J connectivity index is 1.49. The summed E-state index contributed by atoms with van der Waals surface area (Å²) >= 11 is 2.64. The molecule has 0 aliphatic rings. The predicted molar refractivity (Wildman–Crippen MR) is 111 cm³/mol. The molecule has 140 valence electrons. The highest BCUT2D eigenvalue weighted by Crippen LogP contribution is 2.31. The van der Waals surface area contributed by atoms with Crippen LogP contribution >= 0.6 is 22.7 Å². The van der Waals surface area contributed by atoms with Crippen LogP contribution in [0.15, 0.2) is 48.7 Å². The number of ketones is 1. The molecule has 0 N–H and O–H groups in total. The second-order valence-corrected chi connectivity index (χ2v) is 8.25. The van der Waals surface area contributed by atoms with Gasteiger partial charge in [0, 0.05) is 10.9 Å². The van der Waals surface area contributed by atoms with Crippen LogP contribution in [-0.2, 0) is 4.74 Å². The Bertz CT molecular complexity index is 1180. The summed E-state index contributed by atoms with van der Waals surface area (Å²) in [5, 5.41) is 1.71. The minimum atomic E-state index is -0.538. The second-order valence-electron chi connectivity index (χ2n) is 6.20. The molecule has 0 spiro atoms. The summed E-state index contributed by atoms with van der Waals surface area (Å²) in [5.41, 5.74) is 2.20. The van der Waals surface area contributed by atoms with Crippen LogP contribution in [0, 0.1) is 13.8 Å². The van der Waals surface area contributed by atoms with Gasteiger partial charge >= 0.3 is 5.97 Å². The summed E-state index contributed by atoms with van der Waals surface area (Å²) < 4.78 is 6.34. The van der Waals surface area contributed by atoms with Gasteiger partial charge in [-0.1, -0.05) is 24.3 Å². The van der Waals surface area contributed by atoms with E-state index in [9.17, 15) is 9.59 Å². The van der Waals surface area contributed by atoms with E-state index in [1.807, 2.05) is 49.4 Å². The number of thiazole rings is 1. The first-order chi connectivity index (χ1) is 13.5. The Morgan fingerprint density at radius 1 is 1.00 bits per heavy atom. The number of rotatable bonds is 5. The highest BCUT2D eigenvalue weighted by atomic mass is 32.1. The van der Waals surface area contributed by atoms with Gasteiger partial charge in [-0.2, -0.15) is 0 Å². The van der Waals surface area contributed by atoms with Crippen molar-refractivity contribution in [3.05, 3.63) is 69.7 Å². The molecule has 4 rings (SSSR count). The third-order valence-corrected chi connectivity index (χ3v) is 6.77. The number of hydrogen-bond acceptors (Lipinski definition) is 7. The Hall–Kier alpha value is -2.90. The standard InChI is InChI=1S/C21H16N2O3S2/c1-12-14-7-3-4-9-17(14)27-18(12)16(24)11-26-21(25)19-13(2)23-20(28-19)15-8-5-6-10-22-15/h3-10H,11H2,1-2H3. The zero-order valence-electron chi connectivity index (χ0n) is 15.3. The fourth-order valence-corrected chi connectivity index (χ4v) is 4.96. The third-order valence-electron chi connectivity index (χ3n) is 4.30. The number of ether oxygens (including phenoxy) is 1. The van der Waals surface area contributed by atoms with Crippen LogP contribution in [0.3, 0.4) is 0 Å². The van der Waals surface area contributed by atoms with Crippen molar-refractivity contribution < 1.29 is 14.3 Å². The molecule has 7 heteroatoms. The molecule has 0 radical (unpaired) electrons. The number of esters is 1. The summed E-state index contributed by atoms with van der Waals surface area (Å²) in [6, 6.07) is 13.4. The summed E-state index contributed by atoms with van der Waals surface area (Å²) in [5.74, 6) is -0.733. The molecule has 3 aromatic heterocycles. The van der Waals surface area contributed by atoms with Gasteiger partial charge in [0.1, 0.15) is 9.88 Å². The van der Waals surface area contributed by atoms with E-state index in [2.05, 4.69) is 9.97 Å². The Morgan fingerprint density at radius 2 is 1.79 bits per heavy atom. The monoisotopic (exact) mass is 408 g/mol. The van der Waals surface area contributed by atoms with Gasteiger partial charge in [-0.05, 0) is 43.0 Å². The van der Waals surface area contributed by atoms with Crippen molar-refractivity contribution in [1.82, 2.24) is 9.97 Å². The van der Waals surface area contributed by atoms with E-state index in [4.69, 9.17) is 4.74 Å². The number of benzene rings is 1. The number of aromatic nitrogens is 2. The van der Waals surface area contributed by atoms with E-state index < -0.39 is 5.97 Å². The van der Waals surface area contributed by atoms with E-state index in [-0.39, 0.29) is 12.4 Å². The van der Waals surface area contributed by atoms with Gasteiger partial charge in [-0.25, -0.2) is 9.78 Å². The highest BCUT2D eigenvalue weighted by Gasteiger charge is 2.21. The number of thiophene rings is 1. The molecule has 0 saturated heterocycles. The van der Waals surface area contributed by atoms with E-state index >= 15 is 0 Å². The van der Waals surface area contributed by atoms with Crippen molar-refractivity contribution in [2.75, 3.05) is 6.61 Å². The number of pyridine rings is 1. The molecule has 0 aliphatic heterocycles. The van der Waals surface area contributed by atoms with Crippen LogP contribution in [-0.4, -0.2) is 28.3 Å². The quantitative estimate of drug-likeness (QED) is 0.340. The van der Waals surface area contributed by atoms with E-state index in [0.29, 0.717) is 26.1 Å².